The molecule has 0 amide bonds. The van der Waals surface area contributed by atoms with Gasteiger partial charge < -0.3 is 4.98 Å². The normalized spacial score (nSPS) is 17.3. The van der Waals surface area contributed by atoms with Crippen molar-refractivity contribution in [2.45, 2.75) is 18.9 Å². The van der Waals surface area contributed by atoms with Crippen molar-refractivity contribution in [1.82, 2.24) is 19.9 Å². The molecular formula is C20H18F2N4O. The second-order valence-electron chi connectivity index (χ2n) is 6.69. The Kier molecular flexibility index (Phi) is 4.77. The van der Waals surface area contributed by atoms with Crippen LogP contribution in [0.4, 0.5) is 8.78 Å². The van der Waals surface area contributed by atoms with Crippen molar-refractivity contribution in [3.63, 3.8) is 0 Å². The Morgan fingerprint density at radius 2 is 2.11 bits per heavy atom. The topological polar surface area (TPSA) is 61.9 Å². The fraction of sp³-hybridized carbons (Fsp3) is 0.250. The molecule has 138 valence electrons. The number of nitrogens with zero attached hydrogens (tertiary/aromatic N) is 3. The second kappa shape index (κ2) is 7.36. The first-order valence-corrected chi connectivity index (χ1v) is 8.77. The van der Waals surface area contributed by atoms with Crippen LogP contribution in [0.25, 0.3) is 11.3 Å². The highest BCUT2D eigenvalue weighted by Gasteiger charge is 2.27. The average Bonchev–Trinajstić information content (AvgIpc) is 3.14. The van der Waals surface area contributed by atoms with Gasteiger partial charge in [0.1, 0.15) is 5.82 Å². The van der Waals surface area contributed by atoms with Crippen LogP contribution in [0.3, 0.4) is 0 Å². The van der Waals surface area contributed by atoms with Gasteiger partial charge >= 0.3 is 0 Å². The molecule has 1 aromatic carbocycles. The minimum Gasteiger partial charge on any atom is -0.310 e. The highest BCUT2D eigenvalue weighted by Crippen LogP contribution is 2.27. The lowest BCUT2D eigenvalue weighted by Gasteiger charge is -2.16. The van der Waals surface area contributed by atoms with E-state index >= 15 is 0 Å². The molecule has 0 bridgehead atoms. The number of hydrogen-bond donors (Lipinski definition) is 1. The first-order chi connectivity index (χ1) is 13.1. The van der Waals surface area contributed by atoms with E-state index in [4.69, 9.17) is 0 Å². The van der Waals surface area contributed by atoms with Gasteiger partial charge in [-0.1, -0.05) is 12.1 Å². The summed E-state index contributed by atoms with van der Waals surface area (Å²) in [6.45, 7) is 1.67. The van der Waals surface area contributed by atoms with Crippen LogP contribution in [0.2, 0.25) is 0 Å². The molecule has 1 atom stereocenters. The lowest BCUT2D eigenvalue weighted by molar-refractivity contribution is 0.317. The van der Waals surface area contributed by atoms with Crippen LogP contribution in [0.15, 0.2) is 53.6 Å². The van der Waals surface area contributed by atoms with Gasteiger partial charge in [0.15, 0.2) is 11.6 Å². The smallest absolute Gasteiger partial charge is 0.251 e. The van der Waals surface area contributed by atoms with E-state index < -0.39 is 11.6 Å². The number of benzene rings is 1. The van der Waals surface area contributed by atoms with Gasteiger partial charge in [-0.2, -0.15) is 0 Å². The Bertz CT molecular complexity index is 1010. The highest BCUT2D eigenvalue weighted by molar-refractivity contribution is 5.56. The Morgan fingerprint density at radius 3 is 2.93 bits per heavy atom. The number of aromatic nitrogens is 3. The number of rotatable bonds is 4. The molecule has 1 saturated heterocycles. The van der Waals surface area contributed by atoms with E-state index in [-0.39, 0.29) is 11.5 Å². The maximum Gasteiger partial charge on any atom is 0.251 e. The highest BCUT2D eigenvalue weighted by atomic mass is 19.2. The first kappa shape index (κ1) is 17.5. The van der Waals surface area contributed by atoms with E-state index in [1.165, 1.54) is 12.1 Å². The number of nitrogens with one attached hydrogen (secondary N) is 1. The summed E-state index contributed by atoms with van der Waals surface area (Å²) < 4.78 is 27.3. The van der Waals surface area contributed by atoms with Crippen molar-refractivity contribution in [3.8, 4) is 11.3 Å². The molecule has 1 aliphatic heterocycles. The van der Waals surface area contributed by atoms with E-state index in [9.17, 15) is 13.6 Å². The van der Waals surface area contributed by atoms with Crippen LogP contribution >= 0.6 is 0 Å². The Morgan fingerprint density at radius 1 is 1.22 bits per heavy atom. The zero-order chi connectivity index (χ0) is 18.8. The van der Waals surface area contributed by atoms with E-state index in [1.54, 1.807) is 24.5 Å². The number of hydrogen-bond acceptors (Lipinski definition) is 4. The quantitative estimate of drug-likeness (QED) is 0.769. The third-order valence-electron chi connectivity index (χ3n) is 4.80. The predicted molar refractivity (Wildman–Crippen MR) is 97.1 cm³/mol. The minimum atomic E-state index is -0.835. The maximum atomic E-state index is 13.9. The molecule has 7 heteroatoms. The van der Waals surface area contributed by atoms with E-state index in [0.717, 1.165) is 24.6 Å². The summed E-state index contributed by atoms with van der Waals surface area (Å²) in [4.78, 5) is 25.6. The molecule has 1 fully saturated rings. The number of likely N-dealkylation sites (tertiary alicyclic amines) is 1. The predicted octanol–water partition coefficient (Wildman–Crippen LogP) is 3.10. The first-order valence-electron chi connectivity index (χ1n) is 8.77. The molecule has 2 aromatic heterocycles. The third-order valence-corrected chi connectivity index (χ3v) is 4.80. The molecule has 0 radical (unpaired) electrons. The Hall–Kier alpha value is -2.93. The van der Waals surface area contributed by atoms with Gasteiger partial charge in [-0.05, 0) is 31.2 Å². The molecule has 0 spiro atoms. The van der Waals surface area contributed by atoms with Crippen molar-refractivity contribution >= 4 is 0 Å². The average molecular weight is 368 g/mol. The molecule has 4 rings (SSSR count). The van der Waals surface area contributed by atoms with Gasteiger partial charge in [0.25, 0.3) is 5.56 Å². The lowest BCUT2D eigenvalue weighted by Crippen LogP contribution is -2.22. The molecule has 1 aliphatic rings. The van der Waals surface area contributed by atoms with Crippen LogP contribution in [-0.4, -0.2) is 32.9 Å². The van der Waals surface area contributed by atoms with Crippen LogP contribution in [0.5, 0.6) is 0 Å². The lowest BCUT2D eigenvalue weighted by atomic mass is 10.1. The number of aromatic amines is 1. The van der Waals surface area contributed by atoms with Crippen LogP contribution < -0.4 is 5.56 Å². The minimum absolute atomic E-state index is 0.0333. The van der Waals surface area contributed by atoms with Crippen LogP contribution in [-0.2, 0) is 6.54 Å². The zero-order valence-electron chi connectivity index (χ0n) is 14.5. The fourth-order valence-corrected chi connectivity index (χ4v) is 3.44. The molecule has 3 heterocycles. The molecule has 27 heavy (non-hydrogen) atoms. The third kappa shape index (κ3) is 3.78. The molecule has 1 N–H and O–H groups in total. The van der Waals surface area contributed by atoms with Crippen molar-refractivity contribution in [1.29, 1.82) is 0 Å². The molecule has 3 aromatic rings. The van der Waals surface area contributed by atoms with Gasteiger partial charge in [-0.15, -0.1) is 0 Å². The molecule has 5 nitrogen and oxygen atoms in total. The standard InChI is InChI=1S/C20H18F2N4O/c21-16-5-1-3-14(19(16)22)11-26-8-6-15(12-26)20-24-17(9-18(27)25-20)13-4-2-7-23-10-13/h1-5,7,9-10,15H,6,8,11-12H2,(H,24,25,27)/t15-/m1/s1. The largest absolute Gasteiger partial charge is 0.310 e. The Labute approximate surface area is 154 Å². The summed E-state index contributed by atoms with van der Waals surface area (Å²) in [5.41, 5.74) is 1.48. The summed E-state index contributed by atoms with van der Waals surface area (Å²) in [6.07, 6.45) is 4.12. The monoisotopic (exact) mass is 368 g/mol. The number of pyridine rings is 1. The second-order valence-corrected chi connectivity index (χ2v) is 6.69. The van der Waals surface area contributed by atoms with E-state index in [1.807, 2.05) is 11.0 Å². The summed E-state index contributed by atoms with van der Waals surface area (Å²) in [5, 5.41) is 0. The van der Waals surface area contributed by atoms with Gasteiger partial charge in [0.2, 0.25) is 0 Å². The number of halogens is 2. The van der Waals surface area contributed by atoms with Gasteiger partial charge in [-0.25, -0.2) is 13.8 Å². The molecule has 0 unspecified atom stereocenters. The van der Waals surface area contributed by atoms with Crippen LogP contribution in [0.1, 0.15) is 23.7 Å². The summed E-state index contributed by atoms with van der Waals surface area (Å²) in [6, 6.07) is 9.32. The maximum absolute atomic E-state index is 13.9. The summed E-state index contributed by atoms with van der Waals surface area (Å²) in [7, 11) is 0. The van der Waals surface area contributed by atoms with Gasteiger partial charge in [-0.3, -0.25) is 14.7 Å². The summed E-state index contributed by atoms with van der Waals surface area (Å²) in [5.74, 6) is -0.987. The fourth-order valence-electron chi connectivity index (χ4n) is 3.44. The van der Waals surface area contributed by atoms with Crippen molar-refractivity contribution in [3.05, 3.63) is 82.2 Å². The van der Waals surface area contributed by atoms with Crippen molar-refractivity contribution in [2.24, 2.45) is 0 Å². The van der Waals surface area contributed by atoms with Gasteiger partial charge in [0, 0.05) is 48.6 Å². The molecule has 0 saturated carbocycles. The Balaban J connectivity index is 1.53. The molecular weight excluding hydrogens is 350 g/mol. The van der Waals surface area contributed by atoms with E-state index in [2.05, 4.69) is 15.0 Å². The zero-order valence-corrected chi connectivity index (χ0v) is 14.5. The number of H-pyrrole nitrogens is 1. The molecule has 0 aliphatic carbocycles. The van der Waals surface area contributed by atoms with Gasteiger partial charge in [0.05, 0.1) is 5.69 Å². The van der Waals surface area contributed by atoms with Crippen molar-refractivity contribution < 1.29 is 8.78 Å². The van der Waals surface area contributed by atoms with Crippen LogP contribution in [0, 0.1) is 11.6 Å². The van der Waals surface area contributed by atoms with E-state index in [0.29, 0.717) is 30.2 Å². The SMILES string of the molecule is O=c1cc(-c2cccnc2)nc([C@@H]2CCN(Cc3cccc(F)c3F)C2)[nH]1. The van der Waals surface area contributed by atoms with Crippen molar-refractivity contribution in [2.75, 3.05) is 13.1 Å². The summed E-state index contributed by atoms with van der Waals surface area (Å²) >= 11 is 0.